The van der Waals surface area contributed by atoms with Gasteiger partial charge in [-0.15, -0.1) is 0 Å². The molecular weight excluding hydrogens is 342 g/mol. The van der Waals surface area contributed by atoms with Crippen LogP contribution in [0.1, 0.15) is 30.6 Å². The van der Waals surface area contributed by atoms with E-state index in [0.29, 0.717) is 13.2 Å². The highest BCUT2D eigenvalue weighted by atomic mass is 16.5. The molecule has 146 valence electrons. The Bertz CT molecular complexity index is 724. The molecule has 2 N–H and O–H groups in total. The number of hydrogen-bond donors (Lipinski definition) is 2. The lowest BCUT2D eigenvalue weighted by Crippen LogP contribution is -2.41. The number of rotatable bonds is 10. The molecule has 1 aromatic heterocycles. The summed E-state index contributed by atoms with van der Waals surface area (Å²) < 4.78 is 16.4. The zero-order valence-electron chi connectivity index (χ0n) is 16.2. The molecule has 2 aromatic rings. The lowest BCUT2D eigenvalue weighted by Gasteiger charge is -2.21. The van der Waals surface area contributed by atoms with Crippen LogP contribution in [0.5, 0.6) is 5.75 Å². The van der Waals surface area contributed by atoms with Crippen molar-refractivity contribution in [2.45, 2.75) is 31.3 Å². The van der Waals surface area contributed by atoms with Gasteiger partial charge in [-0.2, -0.15) is 0 Å². The lowest BCUT2D eigenvalue weighted by molar-refractivity contribution is 0.105. The largest absolute Gasteiger partial charge is 0.496 e. The predicted octanol–water partition coefficient (Wildman–Crippen LogP) is 3.09. The minimum atomic E-state index is 0.149. The minimum absolute atomic E-state index is 0.149. The van der Waals surface area contributed by atoms with E-state index < -0.39 is 0 Å². The van der Waals surface area contributed by atoms with Gasteiger partial charge in [0, 0.05) is 37.7 Å². The molecule has 27 heavy (non-hydrogen) atoms. The zero-order chi connectivity index (χ0) is 19.0. The molecule has 6 heteroatoms. The third-order valence-corrected chi connectivity index (χ3v) is 4.93. The Hall–Kier alpha value is -2.47. The van der Waals surface area contributed by atoms with E-state index in [1.54, 1.807) is 20.4 Å². The van der Waals surface area contributed by atoms with Crippen molar-refractivity contribution in [2.24, 2.45) is 4.99 Å². The fourth-order valence-electron chi connectivity index (χ4n) is 3.20. The predicted molar refractivity (Wildman–Crippen MR) is 106 cm³/mol. The maximum atomic E-state index is 5.59. The Morgan fingerprint density at radius 1 is 1.19 bits per heavy atom. The number of methoxy groups -OCH3 is 1. The number of benzene rings is 1. The Labute approximate surface area is 161 Å². The highest BCUT2D eigenvalue weighted by molar-refractivity contribution is 5.79. The number of ether oxygens (including phenoxy) is 2. The van der Waals surface area contributed by atoms with Crippen molar-refractivity contribution in [3.05, 3.63) is 54.0 Å². The van der Waals surface area contributed by atoms with E-state index in [1.165, 1.54) is 5.56 Å². The first-order chi connectivity index (χ1) is 13.3. The Kier molecular flexibility index (Phi) is 6.76. The third kappa shape index (κ3) is 5.26. The van der Waals surface area contributed by atoms with Crippen molar-refractivity contribution in [3.8, 4) is 5.75 Å². The van der Waals surface area contributed by atoms with Crippen LogP contribution in [0.2, 0.25) is 0 Å². The molecule has 0 amide bonds. The second-order valence-corrected chi connectivity index (χ2v) is 6.82. The van der Waals surface area contributed by atoms with Crippen LogP contribution in [0.15, 0.2) is 52.1 Å². The van der Waals surface area contributed by atoms with Crippen LogP contribution >= 0.6 is 0 Å². The summed E-state index contributed by atoms with van der Waals surface area (Å²) in [5, 5.41) is 6.81. The van der Waals surface area contributed by atoms with Gasteiger partial charge in [0.15, 0.2) is 5.96 Å². The van der Waals surface area contributed by atoms with E-state index in [2.05, 4.69) is 27.8 Å². The number of aliphatic imine (C=N–C) groups is 1. The van der Waals surface area contributed by atoms with E-state index in [-0.39, 0.29) is 5.41 Å². The Balaban J connectivity index is 1.38. The van der Waals surface area contributed by atoms with Crippen LogP contribution in [-0.2, 0) is 16.8 Å². The summed E-state index contributed by atoms with van der Waals surface area (Å²) in [6.45, 7) is 2.85. The fourth-order valence-corrected chi connectivity index (χ4v) is 3.20. The summed E-state index contributed by atoms with van der Waals surface area (Å²) in [4.78, 5) is 4.32. The molecular formula is C21H29N3O3. The smallest absolute Gasteiger partial charge is 0.191 e. The van der Waals surface area contributed by atoms with E-state index in [4.69, 9.17) is 13.9 Å². The highest BCUT2D eigenvalue weighted by Gasteiger charge is 2.45. The van der Waals surface area contributed by atoms with Gasteiger partial charge in [0.1, 0.15) is 18.1 Å². The van der Waals surface area contributed by atoms with Gasteiger partial charge in [0.25, 0.3) is 0 Å². The van der Waals surface area contributed by atoms with E-state index in [9.17, 15) is 0 Å². The molecule has 0 unspecified atom stereocenters. The van der Waals surface area contributed by atoms with Crippen LogP contribution < -0.4 is 15.4 Å². The summed E-state index contributed by atoms with van der Waals surface area (Å²) >= 11 is 0. The van der Waals surface area contributed by atoms with Crippen LogP contribution in [0.25, 0.3) is 0 Å². The van der Waals surface area contributed by atoms with Gasteiger partial charge in [0.2, 0.25) is 0 Å². The normalized spacial score (nSPS) is 15.4. The van der Waals surface area contributed by atoms with Crippen molar-refractivity contribution in [1.29, 1.82) is 0 Å². The molecule has 1 aromatic carbocycles. The number of guanidine groups is 1. The van der Waals surface area contributed by atoms with Crippen molar-refractivity contribution in [1.82, 2.24) is 10.6 Å². The molecule has 0 spiro atoms. The number of hydrogen-bond acceptors (Lipinski definition) is 4. The molecule has 6 nitrogen and oxygen atoms in total. The molecule has 0 bridgehead atoms. The quantitative estimate of drug-likeness (QED) is 0.382. The summed E-state index contributed by atoms with van der Waals surface area (Å²) in [5.41, 5.74) is 1.43. The van der Waals surface area contributed by atoms with Gasteiger partial charge in [-0.25, -0.2) is 0 Å². The van der Waals surface area contributed by atoms with Gasteiger partial charge in [0.05, 0.1) is 13.4 Å². The molecule has 0 saturated heterocycles. The molecule has 1 saturated carbocycles. The maximum Gasteiger partial charge on any atom is 0.191 e. The van der Waals surface area contributed by atoms with Crippen molar-refractivity contribution >= 4 is 5.96 Å². The van der Waals surface area contributed by atoms with Gasteiger partial charge in [-0.05, 0) is 37.5 Å². The van der Waals surface area contributed by atoms with Crippen molar-refractivity contribution in [2.75, 3.05) is 33.9 Å². The Morgan fingerprint density at radius 2 is 2.04 bits per heavy atom. The second-order valence-electron chi connectivity index (χ2n) is 6.82. The molecule has 0 atom stereocenters. The monoisotopic (exact) mass is 371 g/mol. The fraction of sp³-hybridized carbons (Fsp3) is 0.476. The van der Waals surface area contributed by atoms with E-state index >= 15 is 0 Å². The number of nitrogens with zero attached hydrogens (tertiary/aromatic N) is 1. The third-order valence-electron chi connectivity index (χ3n) is 4.93. The van der Waals surface area contributed by atoms with Crippen LogP contribution in [0.3, 0.4) is 0 Å². The molecule has 1 heterocycles. The second kappa shape index (κ2) is 9.46. The van der Waals surface area contributed by atoms with E-state index in [1.807, 2.05) is 24.3 Å². The molecule has 3 rings (SSSR count). The van der Waals surface area contributed by atoms with Crippen molar-refractivity contribution in [3.63, 3.8) is 0 Å². The maximum absolute atomic E-state index is 5.59. The van der Waals surface area contributed by atoms with Crippen LogP contribution in [-0.4, -0.2) is 39.8 Å². The SMILES string of the molecule is CN=C(NCCCOCc1ccco1)NCC1(c2ccccc2OC)CC1. The highest BCUT2D eigenvalue weighted by Crippen LogP contribution is 2.50. The lowest BCUT2D eigenvalue weighted by atomic mass is 9.95. The van der Waals surface area contributed by atoms with Gasteiger partial charge in [-0.1, -0.05) is 18.2 Å². The number of nitrogens with one attached hydrogen (secondary N) is 2. The minimum Gasteiger partial charge on any atom is -0.496 e. The van der Waals surface area contributed by atoms with Crippen molar-refractivity contribution < 1.29 is 13.9 Å². The van der Waals surface area contributed by atoms with E-state index in [0.717, 1.165) is 49.8 Å². The molecule has 1 fully saturated rings. The zero-order valence-corrected chi connectivity index (χ0v) is 16.2. The number of furan rings is 1. The molecule has 1 aliphatic rings. The first-order valence-corrected chi connectivity index (χ1v) is 9.45. The average Bonchev–Trinajstić information content (AvgIpc) is 3.32. The number of para-hydroxylation sites is 1. The molecule has 0 radical (unpaired) electrons. The van der Waals surface area contributed by atoms with Gasteiger partial charge >= 0.3 is 0 Å². The Morgan fingerprint density at radius 3 is 2.74 bits per heavy atom. The summed E-state index contributed by atoms with van der Waals surface area (Å²) in [6, 6.07) is 12.1. The average molecular weight is 371 g/mol. The van der Waals surface area contributed by atoms with Crippen LogP contribution in [0, 0.1) is 0 Å². The summed E-state index contributed by atoms with van der Waals surface area (Å²) in [7, 11) is 3.53. The summed E-state index contributed by atoms with van der Waals surface area (Å²) in [6.07, 6.45) is 4.89. The standard InChI is InChI=1S/C21H29N3O3/c1-22-20(23-12-6-13-26-15-17-7-5-14-27-17)24-16-21(10-11-21)18-8-3-4-9-19(18)25-2/h3-5,7-9,14H,6,10-13,15-16H2,1-2H3,(H2,22,23,24). The summed E-state index contributed by atoms with van der Waals surface area (Å²) in [5.74, 6) is 2.64. The topological polar surface area (TPSA) is 68.0 Å². The van der Waals surface area contributed by atoms with Crippen LogP contribution in [0.4, 0.5) is 0 Å². The first-order valence-electron chi connectivity index (χ1n) is 9.45. The van der Waals surface area contributed by atoms with Gasteiger partial charge < -0.3 is 24.5 Å². The molecule has 1 aliphatic carbocycles. The molecule has 0 aliphatic heterocycles. The van der Waals surface area contributed by atoms with Gasteiger partial charge in [-0.3, -0.25) is 4.99 Å². The first kappa shape index (κ1) is 19.3.